The molecule has 0 heterocycles. The van der Waals surface area contributed by atoms with E-state index in [1.807, 2.05) is 13.8 Å². The number of rotatable bonds is 11. The van der Waals surface area contributed by atoms with Crippen LogP contribution in [-0.4, -0.2) is 30.8 Å². The molecule has 0 atom stereocenters. The number of carbonyl (C=O) groups excluding carboxylic acids is 3. The number of hydrogen-bond acceptors (Lipinski definition) is 3. The highest BCUT2D eigenvalue weighted by atomic mass is 16.2. The van der Waals surface area contributed by atoms with Crippen molar-refractivity contribution in [2.75, 3.05) is 18.4 Å². The Morgan fingerprint density at radius 2 is 1.41 bits per heavy atom. The normalized spacial score (nSPS) is 10.7. The predicted molar refractivity (Wildman–Crippen MR) is 109 cm³/mol. The van der Waals surface area contributed by atoms with E-state index in [1.165, 1.54) is 0 Å². The number of carbonyl (C=O) groups is 3. The summed E-state index contributed by atoms with van der Waals surface area (Å²) >= 11 is 0. The summed E-state index contributed by atoms with van der Waals surface area (Å²) in [5.41, 5.74) is 1.18. The Bertz CT molecular complexity index is 606. The summed E-state index contributed by atoms with van der Waals surface area (Å²) in [7, 11) is 0. The molecule has 0 spiro atoms. The summed E-state index contributed by atoms with van der Waals surface area (Å²) in [6.07, 6.45) is 3.77. The van der Waals surface area contributed by atoms with Crippen LogP contribution in [0, 0.1) is 11.8 Å². The van der Waals surface area contributed by atoms with Gasteiger partial charge >= 0.3 is 0 Å². The second-order valence-corrected chi connectivity index (χ2v) is 7.04. The fraction of sp³-hybridized carbons (Fsp3) is 0.571. The SMILES string of the molecule is CCCC(CCC)C(=O)NCCNC(=O)c1ccc(NC(=O)C(C)C)cc1. The van der Waals surface area contributed by atoms with Gasteiger partial charge in [0.15, 0.2) is 0 Å². The topological polar surface area (TPSA) is 87.3 Å². The molecule has 3 amide bonds. The van der Waals surface area contributed by atoms with Gasteiger partial charge in [-0.3, -0.25) is 14.4 Å². The summed E-state index contributed by atoms with van der Waals surface area (Å²) in [5, 5.41) is 8.48. The van der Waals surface area contributed by atoms with Crippen molar-refractivity contribution in [2.45, 2.75) is 53.4 Å². The maximum absolute atomic E-state index is 12.2. The molecule has 1 rings (SSSR count). The third-order valence-electron chi connectivity index (χ3n) is 4.29. The van der Waals surface area contributed by atoms with Crippen molar-refractivity contribution in [2.24, 2.45) is 11.8 Å². The van der Waals surface area contributed by atoms with Crippen LogP contribution in [-0.2, 0) is 9.59 Å². The Kier molecular flexibility index (Phi) is 10.2. The molecule has 0 aromatic heterocycles. The minimum absolute atomic E-state index is 0.0595. The lowest BCUT2D eigenvalue weighted by Crippen LogP contribution is -2.37. The quantitative estimate of drug-likeness (QED) is 0.518. The molecule has 1 aromatic rings. The van der Waals surface area contributed by atoms with Gasteiger partial charge in [0.1, 0.15) is 0 Å². The van der Waals surface area contributed by atoms with Crippen LogP contribution in [0.3, 0.4) is 0 Å². The average Bonchev–Trinajstić information content (AvgIpc) is 2.65. The molecule has 150 valence electrons. The molecule has 0 saturated carbocycles. The van der Waals surface area contributed by atoms with E-state index in [1.54, 1.807) is 24.3 Å². The summed E-state index contributed by atoms with van der Waals surface area (Å²) in [6.45, 7) is 8.59. The molecular formula is C21H33N3O3. The van der Waals surface area contributed by atoms with Crippen molar-refractivity contribution in [1.82, 2.24) is 10.6 Å². The third kappa shape index (κ3) is 8.24. The van der Waals surface area contributed by atoms with Crippen LogP contribution in [0.25, 0.3) is 0 Å². The first-order valence-corrected chi connectivity index (χ1v) is 9.85. The highest BCUT2D eigenvalue weighted by Crippen LogP contribution is 2.13. The van der Waals surface area contributed by atoms with Crippen LogP contribution in [0.2, 0.25) is 0 Å². The molecule has 0 radical (unpaired) electrons. The summed E-state index contributed by atoms with van der Waals surface area (Å²) in [4.78, 5) is 36.0. The van der Waals surface area contributed by atoms with Gasteiger partial charge in [-0.1, -0.05) is 40.5 Å². The number of benzene rings is 1. The molecule has 0 fully saturated rings. The van der Waals surface area contributed by atoms with Crippen molar-refractivity contribution in [3.63, 3.8) is 0 Å². The monoisotopic (exact) mass is 375 g/mol. The Hall–Kier alpha value is -2.37. The molecule has 6 heteroatoms. The Balaban J connectivity index is 2.40. The highest BCUT2D eigenvalue weighted by Gasteiger charge is 2.16. The van der Waals surface area contributed by atoms with Crippen LogP contribution >= 0.6 is 0 Å². The van der Waals surface area contributed by atoms with E-state index in [2.05, 4.69) is 29.8 Å². The van der Waals surface area contributed by atoms with Crippen molar-refractivity contribution >= 4 is 23.4 Å². The van der Waals surface area contributed by atoms with Gasteiger partial charge in [-0.2, -0.15) is 0 Å². The van der Waals surface area contributed by atoms with Gasteiger partial charge in [0.25, 0.3) is 5.91 Å². The van der Waals surface area contributed by atoms with Gasteiger partial charge in [0.05, 0.1) is 0 Å². The smallest absolute Gasteiger partial charge is 0.251 e. The van der Waals surface area contributed by atoms with Gasteiger partial charge in [0, 0.05) is 36.2 Å². The molecule has 0 aliphatic heterocycles. The van der Waals surface area contributed by atoms with E-state index in [-0.39, 0.29) is 29.6 Å². The third-order valence-corrected chi connectivity index (χ3v) is 4.29. The van der Waals surface area contributed by atoms with Gasteiger partial charge in [0.2, 0.25) is 11.8 Å². The Labute approximate surface area is 162 Å². The summed E-state index contributed by atoms with van der Waals surface area (Å²) in [6, 6.07) is 6.75. The second-order valence-electron chi connectivity index (χ2n) is 7.04. The molecule has 0 aliphatic rings. The first-order chi connectivity index (χ1) is 12.9. The number of amides is 3. The zero-order valence-electron chi connectivity index (χ0n) is 16.9. The Morgan fingerprint density at radius 1 is 0.852 bits per heavy atom. The molecule has 6 nitrogen and oxygen atoms in total. The molecule has 1 aromatic carbocycles. The minimum Gasteiger partial charge on any atom is -0.354 e. The first kappa shape index (κ1) is 22.7. The predicted octanol–water partition coefficient (Wildman–Crippen LogP) is 3.34. The molecular weight excluding hydrogens is 342 g/mol. The van der Waals surface area contributed by atoms with Crippen LogP contribution in [0.5, 0.6) is 0 Å². The summed E-state index contributed by atoms with van der Waals surface area (Å²) in [5.74, 6) is -0.239. The molecule has 3 N–H and O–H groups in total. The minimum atomic E-state index is -0.204. The van der Waals surface area contributed by atoms with Crippen molar-refractivity contribution in [3.8, 4) is 0 Å². The number of nitrogens with one attached hydrogen (secondary N) is 3. The van der Waals surface area contributed by atoms with Crippen molar-refractivity contribution < 1.29 is 14.4 Å². The van der Waals surface area contributed by atoms with Crippen LogP contribution < -0.4 is 16.0 Å². The van der Waals surface area contributed by atoms with Gasteiger partial charge < -0.3 is 16.0 Å². The maximum atomic E-state index is 12.2. The van der Waals surface area contributed by atoms with Crippen LogP contribution in [0.15, 0.2) is 24.3 Å². The molecule has 0 saturated heterocycles. The lowest BCUT2D eigenvalue weighted by Gasteiger charge is -2.15. The number of hydrogen-bond donors (Lipinski definition) is 3. The largest absolute Gasteiger partial charge is 0.354 e. The molecule has 0 unspecified atom stereocenters. The van der Waals surface area contributed by atoms with Gasteiger partial charge in [-0.15, -0.1) is 0 Å². The van der Waals surface area contributed by atoms with E-state index in [0.29, 0.717) is 24.3 Å². The maximum Gasteiger partial charge on any atom is 0.251 e. The van der Waals surface area contributed by atoms with E-state index in [4.69, 9.17) is 0 Å². The standard InChI is InChI=1S/C21H33N3O3/c1-5-7-16(8-6-2)20(26)22-13-14-23-21(27)17-9-11-18(12-10-17)24-19(25)15(3)4/h9-12,15-16H,5-8,13-14H2,1-4H3,(H,22,26)(H,23,27)(H,24,25). The van der Waals surface area contributed by atoms with E-state index in [0.717, 1.165) is 25.7 Å². The molecule has 0 bridgehead atoms. The van der Waals surface area contributed by atoms with Gasteiger partial charge in [-0.25, -0.2) is 0 Å². The van der Waals surface area contributed by atoms with E-state index >= 15 is 0 Å². The van der Waals surface area contributed by atoms with Crippen LogP contribution in [0.1, 0.15) is 63.7 Å². The Morgan fingerprint density at radius 3 is 1.93 bits per heavy atom. The average molecular weight is 376 g/mol. The van der Waals surface area contributed by atoms with E-state index < -0.39 is 0 Å². The van der Waals surface area contributed by atoms with Crippen molar-refractivity contribution in [1.29, 1.82) is 0 Å². The van der Waals surface area contributed by atoms with Crippen LogP contribution in [0.4, 0.5) is 5.69 Å². The van der Waals surface area contributed by atoms with Crippen molar-refractivity contribution in [3.05, 3.63) is 29.8 Å². The zero-order valence-corrected chi connectivity index (χ0v) is 16.9. The summed E-state index contributed by atoms with van der Waals surface area (Å²) < 4.78 is 0. The highest BCUT2D eigenvalue weighted by molar-refractivity contribution is 5.96. The van der Waals surface area contributed by atoms with Gasteiger partial charge in [-0.05, 0) is 37.1 Å². The second kappa shape index (κ2) is 12.1. The lowest BCUT2D eigenvalue weighted by molar-refractivity contribution is -0.125. The lowest BCUT2D eigenvalue weighted by atomic mass is 9.97. The van der Waals surface area contributed by atoms with E-state index in [9.17, 15) is 14.4 Å². The molecule has 27 heavy (non-hydrogen) atoms. The molecule has 0 aliphatic carbocycles. The first-order valence-electron chi connectivity index (χ1n) is 9.85. The number of anilines is 1. The fourth-order valence-corrected chi connectivity index (χ4v) is 2.70. The zero-order chi connectivity index (χ0) is 20.2. The fourth-order valence-electron chi connectivity index (χ4n) is 2.70.